The quantitative estimate of drug-likeness (QED) is 0.281. The summed E-state index contributed by atoms with van der Waals surface area (Å²) >= 11 is 0. The van der Waals surface area contributed by atoms with Gasteiger partial charge in [0.2, 0.25) is 5.91 Å². The van der Waals surface area contributed by atoms with Crippen LogP contribution in [0.1, 0.15) is 37.5 Å². The molecule has 32 heavy (non-hydrogen) atoms. The summed E-state index contributed by atoms with van der Waals surface area (Å²) in [7, 11) is 1.74. The molecule has 0 aromatic heterocycles. The van der Waals surface area contributed by atoms with Crippen molar-refractivity contribution < 1.29 is 14.3 Å². The number of hydrogen-bond acceptors (Lipinski definition) is 4. The van der Waals surface area contributed by atoms with Gasteiger partial charge in [-0.3, -0.25) is 9.79 Å². The second-order valence-corrected chi connectivity index (χ2v) is 7.78. The second kappa shape index (κ2) is 13.4. The maximum atomic E-state index is 11.8. The van der Waals surface area contributed by atoms with Gasteiger partial charge < -0.3 is 25.4 Å². The molecule has 2 rings (SSSR count). The van der Waals surface area contributed by atoms with Crippen molar-refractivity contribution in [2.75, 3.05) is 32.2 Å². The molecule has 2 aromatic rings. The Balaban J connectivity index is 1.87. The zero-order valence-electron chi connectivity index (χ0n) is 19.8. The number of rotatable bonds is 11. The lowest BCUT2D eigenvalue weighted by Gasteiger charge is -2.16. The van der Waals surface area contributed by atoms with E-state index in [0.29, 0.717) is 38.9 Å². The van der Waals surface area contributed by atoms with E-state index in [0.717, 1.165) is 28.1 Å². The third-order valence-electron chi connectivity index (χ3n) is 4.79. The normalized spacial score (nSPS) is 11.4. The number of hydrogen-bond donors (Lipinski definition) is 3. The van der Waals surface area contributed by atoms with Crippen LogP contribution in [0.25, 0.3) is 0 Å². The van der Waals surface area contributed by atoms with Crippen molar-refractivity contribution >= 4 is 17.6 Å². The fourth-order valence-electron chi connectivity index (χ4n) is 2.87. The minimum absolute atomic E-state index is 0.0119. The van der Waals surface area contributed by atoms with Gasteiger partial charge in [-0.2, -0.15) is 0 Å². The van der Waals surface area contributed by atoms with Gasteiger partial charge >= 0.3 is 0 Å². The summed E-state index contributed by atoms with van der Waals surface area (Å²) < 4.78 is 11.3. The first-order chi connectivity index (χ1) is 15.4. The maximum absolute atomic E-state index is 11.8. The van der Waals surface area contributed by atoms with Crippen LogP contribution in [0, 0.1) is 12.8 Å². The number of aliphatic imine (C=N–C) groups is 1. The zero-order chi connectivity index (χ0) is 23.3. The first kappa shape index (κ1) is 25.2. The van der Waals surface area contributed by atoms with Gasteiger partial charge in [-0.15, -0.1) is 0 Å². The van der Waals surface area contributed by atoms with Crippen LogP contribution in [0.5, 0.6) is 5.75 Å². The van der Waals surface area contributed by atoms with Crippen LogP contribution in [0.3, 0.4) is 0 Å². The van der Waals surface area contributed by atoms with Crippen molar-refractivity contribution in [3.63, 3.8) is 0 Å². The van der Waals surface area contributed by atoms with Gasteiger partial charge in [-0.25, -0.2) is 0 Å². The van der Waals surface area contributed by atoms with Crippen molar-refractivity contribution in [1.29, 1.82) is 0 Å². The Morgan fingerprint density at radius 1 is 1.03 bits per heavy atom. The molecule has 0 bridgehead atoms. The predicted octanol–water partition coefficient (Wildman–Crippen LogP) is 3.87. The fourth-order valence-corrected chi connectivity index (χ4v) is 2.87. The van der Waals surface area contributed by atoms with E-state index < -0.39 is 0 Å². The number of nitrogens with zero attached hydrogens (tertiary/aromatic N) is 1. The summed E-state index contributed by atoms with van der Waals surface area (Å²) in [6.45, 7) is 10.7. The van der Waals surface area contributed by atoms with Crippen LogP contribution in [0.4, 0.5) is 5.69 Å². The average molecular weight is 441 g/mol. The second-order valence-electron chi connectivity index (χ2n) is 7.78. The molecule has 0 aliphatic rings. The molecule has 1 amide bonds. The smallest absolute Gasteiger partial charge is 0.226 e. The Bertz CT molecular complexity index is 879. The summed E-state index contributed by atoms with van der Waals surface area (Å²) in [6, 6.07) is 14.0. The van der Waals surface area contributed by atoms with Gasteiger partial charge in [0, 0.05) is 43.9 Å². The maximum Gasteiger partial charge on any atom is 0.226 e. The molecule has 0 saturated carbocycles. The lowest BCUT2D eigenvalue weighted by atomic mass is 10.1. The SMILES string of the molecule is CCOCCOc1cc(C)ccc1CNC(=NC)NCc1ccc(NC(=O)C(C)C)cc1. The number of anilines is 1. The number of ether oxygens (including phenoxy) is 2. The number of guanidine groups is 1. The van der Waals surface area contributed by atoms with Crippen molar-refractivity contribution in [2.45, 2.75) is 40.8 Å². The van der Waals surface area contributed by atoms with Crippen LogP contribution in [-0.4, -0.2) is 38.7 Å². The topological polar surface area (TPSA) is 84.0 Å². The number of amides is 1. The van der Waals surface area contributed by atoms with E-state index in [2.05, 4.69) is 33.1 Å². The van der Waals surface area contributed by atoms with E-state index in [-0.39, 0.29) is 11.8 Å². The van der Waals surface area contributed by atoms with E-state index in [4.69, 9.17) is 9.47 Å². The molecule has 3 N–H and O–H groups in total. The monoisotopic (exact) mass is 440 g/mol. The lowest BCUT2D eigenvalue weighted by molar-refractivity contribution is -0.118. The Morgan fingerprint density at radius 3 is 2.41 bits per heavy atom. The van der Waals surface area contributed by atoms with Gasteiger partial charge in [-0.05, 0) is 43.2 Å². The van der Waals surface area contributed by atoms with Crippen molar-refractivity contribution in [2.24, 2.45) is 10.9 Å². The third kappa shape index (κ3) is 8.59. The number of aryl methyl sites for hydroxylation is 1. The Kier molecular flexibility index (Phi) is 10.5. The Morgan fingerprint density at radius 2 is 1.75 bits per heavy atom. The summed E-state index contributed by atoms with van der Waals surface area (Å²) in [4.78, 5) is 16.1. The summed E-state index contributed by atoms with van der Waals surface area (Å²) in [5, 5.41) is 9.55. The largest absolute Gasteiger partial charge is 0.491 e. The molecule has 174 valence electrons. The number of nitrogens with one attached hydrogen (secondary N) is 3. The summed E-state index contributed by atoms with van der Waals surface area (Å²) in [6.07, 6.45) is 0. The molecule has 0 heterocycles. The fraction of sp³-hybridized carbons (Fsp3) is 0.440. The van der Waals surface area contributed by atoms with E-state index in [9.17, 15) is 4.79 Å². The van der Waals surface area contributed by atoms with Crippen LogP contribution in [0.2, 0.25) is 0 Å². The molecular weight excluding hydrogens is 404 g/mol. The molecule has 2 aromatic carbocycles. The van der Waals surface area contributed by atoms with E-state index in [1.807, 2.05) is 58.0 Å². The van der Waals surface area contributed by atoms with Crippen LogP contribution >= 0.6 is 0 Å². The Hall–Kier alpha value is -3.06. The number of carbonyl (C=O) groups excluding carboxylic acids is 1. The molecule has 0 saturated heterocycles. The van der Waals surface area contributed by atoms with E-state index in [1.165, 1.54) is 0 Å². The lowest BCUT2D eigenvalue weighted by Crippen LogP contribution is -2.36. The summed E-state index contributed by atoms with van der Waals surface area (Å²) in [5.74, 6) is 1.52. The first-order valence-corrected chi connectivity index (χ1v) is 11.1. The number of benzene rings is 2. The molecule has 7 heteroatoms. The highest BCUT2D eigenvalue weighted by Gasteiger charge is 2.08. The Labute approximate surface area is 191 Å². The van der Waals surface area contributed by atoms with Crippen LogP contribution < -0.4 is 20.7 Å². The minimum Gasteiger partial charge on any atom is -0.491 e. The van der Waals surface area contributed by atoms with E-state index >= 15 is 0 Å². The van der Waals surface area contributed by atoms with Gasteiger partial charge in [-0.1, -0.05) is 38.1 Å². The third-order valence-corrected chi connectivity index (χ3v) is 4.79. The van der Waals surface area contributed by atoms with Crippen LogP contribution in [0.15, 0.2) is 47.5 Å². The molecule has 0 fully saturated rings. The van der Waals surface area contributed by atoms with Gasteiger partial charge in [0.25, 0.3) is 0 Å². The highest BCUT2D eigenvalue weighted by atomic mass is 16.5. The van der Waals surface area contributed by atoms with Crippen molar-refractivity contribution in [3.8, 4) is 5.75 Å². The van der Waals surface area contributed by atoms with Gasteiger partial charge in [0.15, 0.2) is 5.96 Å². The highest BCUT2D eigenvalue weighted by Crippen LogP contribution is 2.20. The molecule has 7 nitrogen and oxygen atoms in total. The zero-order valence-corrected chi connectivity index (χ0v) is 19.8. The molecule has 0 spiro atoms. The van der Waals surface area contributed by atoms with Crippen LogP contribution in [-0.2, 0) is 22.6 Å². The van der Waals surface area contributed by atoms with Gasteiger partial charge in [0.1, 0.15) is 12.4 Å². The predicted molar refractivity (Wildman–Crippen MR) is 130 cm³/mol. The standard InChI is InChI=1S/C25H36N4O3/c1-6-31-13-14-32-23-15-19(4)7-10-21(23)17-28-25(26-5)27-16-20-8-11-22(12-9-20)29-24(30)18(2)3/h7-12,15,18H,6,13-14,16-17H2,1-5H3,(H,29,30)(H2,26,27,28). The molecule has 0 aliphatic heterocycles. The summed E-state index contributed by atoms with van der Waals surface area (Å²) in [5.41, 5.74) is 4.09. The molecular formula is C25H36N4O3. The van der Waals surface area contributed by atoms with Gasteiger partial charge in [0.05, 0.1) is 6.61 Å². The average Bonchev–Trinajstić information content (AvgIpc) is 2.78. The van der Waals surface area contributed by atoms with Crippen molar-refractivity contribution in [1.82, 2.24) is 10.6 Å². The number of carbonyl (C=O) groups is 1. The molecule has 0 atom stereocenters. The van der Waals surface area contributed by atoms with Crippen molar-refractivity contribution in [3.05, 3.63) is 59.2 Å². The first-order valence-electron chi connectivity index (χ1n) is 11.1. The minimum atomic E-state index is -0.0464. The highest BCUT2D eigenvalue weighted by molar-refractivity contribution is 5.92. The molecule has 0 unspecified atom stereocenters. The molecule has 0 aliphatic carbocycles. The van der Waals surface area contributed by atoms with E-state index in [1.54, 1.807) is 7.05 Å². The molecule has 0 radical (unpaired) electrons.